The molecule has 0 aliphatic heterocycles. The fraction of sp³-hybridized carbons (Fsp3) is 0.0909. The average Bonchev–Trinajstić information content (AvgIpc) is 2.29. The van der Waals surface area contributed by atoms with Crippen molar-refractivity contribution < 1.29 is 19.8 Å². The van der Waals surface area contributed by atoms with Crippen molar-refractivity contribution in [2.75, 3.05) is 0 Å². The molecule has 0 bridgehead atoms. The number of carboxylic acids is 2. The molecule has 0 atom stereocenters. The third-order valence-corrected chi connectivity index (χ3v) is 2.17. The Morgan fingerprint density at radius 2 is 1.67 bits per heavy atom. The Bertz CT molecular complexity index is 484. The molecule has 0 amide bonds. The van der Waals surface area contributed by atoms with Crippen LogP contribution in [0.15, 0.2) is 41.7 Å². The third kappa shape index (κ3) is 3.22. The van der Waals surface area contributed by atoms with Gasteiger partial charge in [0, 0.05) is 0 Å². The number of carboxylic acid groups (broad SMARTS) is 2. The van der Waals surface area contributed by atoms with Crippen LogP contribution >= 0.6 is 0 Å². The number of carbonyl (C=O) groups is 2. The smallest absolute Gasteiger partial charge is 0.356 e. The molecule has 0 fully saturated rings. The molecule has 1 aromatic rings. The number of nitrogens with two attached hydrogens (primary N) is 2. The average molecular weight is 251 g/mol. The van der Waals surface area contributed by atoms with Crippen molar-refractivity contribution in [2.45, 2.75) is 6.54 Å². The summed E-state index contributed by atoms with van der Waals surface area (Å²) in [6, 6.07) is 8.78. The van der Waals surface area contributed by atoms with Gasteiger partial charge < -0.3 is 15.9 Å². The van der Waals surface area contributed by atoms with Gasteiger partial charge in [0.15, 0.2) is 11.4 Å². The number of hydrogen-bond acceptors (Lipinski definition) is 5. The summed E-state index contributed by atoms with van der Waals surface area (Å²) >= 11 is 0. The molecule has 0 aliphatic carbocycles. The summed E-state index contributed by atoms with van der Waals surface area (Å²) in [7, 11) is 0. The van der Waals surface area contributed by atoms with Crippen LogP contribution in [0.2, 0.25) is 0 Å². The minimum Gasteiger partial charge on any atom is -0.477 e. The second kappa shape index (κ2) is 5.69. The van der Waals surface area contributed by atoms with E-state index in [2.05, 4.69) is 0 Å². The lowest BCUT2D eigenvalue weighted by Gasteiger charge is -2.19. The number of hydrazine groups is 1. The Balaban J connectivity index is 2.99. The van der Waals surface area contributed by atoms with Crippen molar-refractivity contribution in [3.8, 4) is 0 Å². The van der Waals surface area contributed by atoms with Crippen LogP contribution in [0.3, 0.4) is 0 Å². The normalized spacial score (nSPS) is 11.6. The lowest BCUT2D eigenvalue weighted by molar-refractivity contribution is -0.137. The minimum absolute atomic E-state index is 0.0381. The van der Waals surface area contributed by atoms with E-state index in [1.807, 2.05) is 0 Å². The molecule has 1 rings (SSSR count). The molecule has 0 aromatic heterocycles. The lowest BCUT2D eigenvalue weighted by atomic mass is 10.2. The van der Waals surface area contributed by atoms with Crippen LogP contribution in [0.25, 0.3) is 0 Å². The Kier molecular flexibility index (Phi) is 4.27. The van der Waals surface area contributed by atoms with Gasteiger partial charge in [-0.15, -0.1) is 0 Å². The van der Waals surface area contributed by atoms with E-state index in [9.17, 15) is 9.59 Å². The van der Waals surface area contributed by atoms with Gasteiger partial charge in [-0.1, -0.05) is 30.3 Å². The topological polar surface area (TPSA) is 130 Å². The highest BCUT2D eigenvalue weighted by atomic mass is 16.4. The molecule has 18 heavy (non-hydrogen) atoms. The molecule has 6 N–H and O–H groups in total. The zero-order chi connectivity index (χ0) is 13.7. The first-order valence-electron chi connectivity index (χ1n) is 4.96. The van der Waals surface area contributed by atoms with E-state index in [4.69, 9.17) is 21.8 Å². The maximum atomic E-state index is 11.0. The maximum Gasteiger partial charge on any atom is 0.356 e. The van der Waals surface area contributed by atoms with Gasteiger partial charge in [-0.05, 0) is 5.56 Å². The Morgan fingerprint density at radius 1 is 1.11 bits per heavy atom. The molecule has 0 heterocycles. The number of hydrogen-bond donors (Lipinski definition) is 4. The summed E-state index contributed by atoms with van der Waals surface area (Å²) in [5, 5.41) is 18.4. The summed E-state index contributed by atoms with van der Waals surface area (Å²) in [5.74, 6) is 2.52. The molecule has 0 aliphatic rings. The molecule has 1 aromatic carbocycles. The van der Waals surface area contributed by atoms with Gasteiger partial charge in [0.05, 0.1) is 6.54 Å². The molecule has 0 radical (unpaired) electrons. The van der Waals surface area contributed by atoms with Crippen molar-refractivity contribution in [3.63, 3.8) is 0 Å². The quantitative estimate of drug-likeness (QED) is 0.321. The van der Waals surface area contributed by atoms with E-state index in [1.165, 1.54) is 0 Å². The number of aliphatic carboxylic acids is 2. The second-order valence-electron chi connectivity index (χ2n) is 3.49. The summed E-state index contributed by atoms with van der Waals surface area (Å²) < 4.78 is 0. The Morgan fingerprint density at radius 3 is 2.11 bits per heavy atom. The molecule has 0 spiro atoms. The molecule has 0 saturated carbocycles. The van der Waals surface area contributed by atoms with Crippen LogP contribution in [0, 0.1) is 0 Å². The second-order valence-corrected chi connectivity index (χ2v) is 3.49. The highest BCUT2D eigenvalue weighted by molar-refractivity contribution is 5.97. The molecular formula is C11H13N3O4. The van der Waals surface area contributed by atoms with Crippen molar-refractivity contribution in [3.05, 3.63) is 47.3 Å². The lowest BCUT2D eigenvalue weighted by Crippen LogP contribution is -2.37. The van der Waals surface area contributed by atoms with E-state index < -0.39 is 23.3 Å². The van der Waals surface area contributed by atoms with Gasteiger partial charge in [-0.25, -0.2) is 15.4 Å². The largest absolute Gasteiger partial charge is 0.477 e. The highest BCUT2D eigenvalue weighted by Gasteiger charge is 2.22. The van der Waals surface area contributed by atoms with Crippen LogP contribution in [0.4, 0.5) is 0 Å². The Hall–Kier alpha value is -2.54. The number of rotatable bonds is 5. The third-order valence-electron chi connectivity index (χ3n) is 2.17. The minimum atomic E-state index is -1.53. The first-order chi connectivity index (χ1) is 8.43. The van der Waals surface area contributed by atoms with Gasteiger partial charge in [-0.3, -0.25) is 5.01 Å². The number of nitrogens with zero attached hydrogens (tertiary/aromatic N) is 1. The van der Waals surface area contributed by atoms with Crippen LogP contribution in [0.5, 0.6) is 0 Å². The fourth-order valence-corrected chi connectivity index (χ4v) is 1.35. The molecule has 0 unspecified atom stereocenters. The SMILES string of the molecule is N/C(C(=O)O)=C(/C(=O)O)N(N)Cc1ccccc1. The molecule has 7 nitrogen and oxygen atoms in total. The first-order valence-corrected chi connectivity index (χ1v) is 4.96. The monoisotopic (exact) mass is 251 g/mol. The highest BCUT2D eigenvalue weighted by Crippen LogP contribution is 2.09. The predicted octanol–water partition coefficient (Wildman–Crippen LogP) is -0.298. The van der Waals surface area contributed by atoms with Crippen LogP contribution in [-0.4, -0.2) is 27.2 Å². The summed E-state index contributed by atoms with van der Waals surface area (Å²) in [6.07, 6.45) is 0. The predicted molar refractivity (Wildman–Crippen MR) is 62.7 cm³/mol. The van der Waals surface area contributed by atoms with E-state index in [0.717, 1.165) is 10.6 Å². The molecule has 7 heteroatoms. The summed E-state index contributed by atoms with van der Waals surface area (Å²) in [6.45, 7) is 0.0381. The van der Waals surface area contributed by atoms with E-state index in [-0.39, 0.29) is 6.54 Å². The van der Waals surface area contributed by atoms with Gasteiger partial charge in [0.1, 0.15) is 0 Å². The van der Waals surface area contributed by atoms with Gasteiger partial charge in [0.2, 0.25) is 0 Å². The summed E-state index contributed by atoms with van der Waals surface area (Å²) in [5.41, 5.74) is 4.48. The van der Waals surface area contributed by atoms with E-state index in [1.54, 1.807) is 30.3 Å². The fourth-order valence-electron chi connectivity index (χ4n) is 1.35. The molecule has 96 valence electrons. The zero-order valence-corrected chi connectivity index (χ0v) is 9.41. The van der Waals surface area contributed by atoms with Gasteiger partial charge >= 0.3 is 11.9 Å². The summed E-state index contributed by atoms with van der Waals surface area (Å²) in [4.78, 5) is 21.6. The Labute approximate surface area is 103 Å². The van der Waals surface area contributed by atoms with E-state index >= 15 is 0 Å². The number of benzene rings is 1. The zero-order valence-electron chi connectivity index (χ0n) is 9.41. The van der Waals surface area contributed by atoms with Crippen molar-refractivity contribution >= 4 is 11.9 Å². The van der Waals surface area contributed by atoms with Gasteiger partial charge in [-0.2, -0.15) is 0 Å². The van der Waals surface area contributed by atoms with Crippen molar-refractivity contribution in [1.29, 1.82) is 0 Å². The van der Waals surface area contributed by atoms with Gasteiger partial charge in [0.25, 0.3) is 0 Å². The molecule has 0 saturated heterocycles. The molecular weight excluding hydrogens is 238 g/mol. The maximum absolute atomic E-state index is 11.0. The van der Waals surface area contributed by atoms with Crippen LogP contribution in [0.1, 0.15) is 5.56 Å². The van der Waals surface area contributed by atoms with E-state index in [0.29, 0.717) is 0 Å². The standard InChI is InChI=1S/C11H13N3O4/c12-8(10(15)16)9(11(17)18)14(13)6-7-4-2-1-3-5-7/h1-5H,6,12-13H2,(H,15,16)(H,17,18)/b9-8-. The van der Waals surface area contributed by atoms with Crippen molar-refractivity contribution in [2.24, 2.45) is 11.6 Å². The van der Waals surface area contributed by atoms with Crippen LogP contribution < -0.4 is 11.6 Å². The van der Waals surface area contributed by atoms with Crippen LogP contribution in [-0.2, 0) is 16.1 Å². The first kappa shape index (κ1) is 13.5. The van der Waals surface area contributed by atoms with Crippen molar-refractivity contribution in [1.82, 2.24) is 5.01 Å².